The van der Waals surface area contributed by atoms with Gasteiger partial charge in [0.15, 0.2) is 17.5 Å². The Balaban J connectivity index is 0.00000220. The smallest absolute Gasteiger partial charge is 0.231 e. The summed E-state index contributed by atoms with van der Waals surface area (Å²) in [6.07, 6.45) is 1.13. The van der Waals surface area contributed by atoms with Gasteiger partial charge in [-0.15, -0.1) is 24.0 Å². The molecule has 21 heavy (non-hydrogen) atoms. The highest BCUT2D eigenvalue weighted by Crippen LogP contribution is 2.32. The van der Waals surface area contributed by atoms with Gasteiger partial charge < -0.3 is 20.1 Å². The predicted molar refractivity (Wildman–Crippen MR) is 95.6 cm³/mol. The quantitative estimate of drug-likeness (QED) is 0.450. The molecule has 0 spiro atoms. The molecule has 0 aromatic heterocycles. The molecule has 1 aliphatic rings. The fourth-order valence-corrected chi connectivity index (χ4v) is 1.94. The highest BCUT2D eigenvalue weighted by molar-refractivity contribution is 14.0. The number of nitrogens with zero attached hydrogens (tertiary/aromatic N) is 1. The van der Waals surface area contributed by atoms with E-state index in [0.717, 1.165) is 36.0 Å². The van der Waals surface area contributed by atoms with Crippen molar-refractivity contribution >= 4 is 29.9 Å². The minimum absolute atomic E-state index is 0. The average molecular weight is 405 g/mol. The third kappa shape index (κ3) is 5.61. The van der Waals surface area contributed by atoms with Crippen LogP contribution < -0.4 is 20.1 Å². The van der Waals surface area contributed by atoms with Gasteiger partial charge in [0.25, 0.3) is 0 Å². The monoisotopic (exact) mass is 405 g/mol. The summed E-state index contributed by atoms with van der Waals surface area (Å²) in [7, 11) is 1.78. The third-order valence-corrected chi connectivity index (χ3v) is 3.13. The Morgan fingerprint density at radius 3 is 2.71 bits per heavy atom. The molecule has 118 valence electrons. The van der Waals surface area contributed by atoms with Crippen molar-refractivity contribution in [3.05, 3.63) is 23.8 Å². The topological polar surface area (TPSA) is 54.9 Å². The van der Waals surface area contributed by atoms with E-state index in [4.69, 9.17) is 9.47 Å². The molecule has 0 saturated carbocycles. The molecule has 0 saturated heterocycles. The van der Waals surface area contributed by atoms with Crippen LogP contribution in [0.5, 0.6) is 11.5 Å². The lowest BCUT2D eigenvalue weighted by Gasteiger charge is -2.13. The first-order valence-electron chi connectivity index (χ1n) is 7.02. The maximum Gasteiger partial charge on any atom is 0.231 e. The first-order valence-corrected chi connectivity index (χ1v) is 7.02. The van der Waals surface area contributed by atoms with Crippen molar-refractivity contribution in [2.75, 3.05) is 20.4 Å². The lowest BCUT2D eigenvalue weighted by atomic mass is 10.1. The summed E-state index contributed by atoms with van der Waals surface area (Å²) in [6, 6.07) is 5.97. The lowest BCUT2D eigenvalue weighted by molar-refractivity contribution is 0.174. The van der Waals surface area contributed by atoms with Crippen LogP contribution in [0.2, 0.25) is 0 Å². The van der Waals surface area contributed by atoms with Crippen LogP contribution in [0.15, 0.2) is 23.2 Å². The number of nitrogens with one attached hydrogen (secondary N) is 2. The molecule has 1 heterocycles. The van der Waals surface area contributed by atoms with Crippen LogP contribution in [0, 0.1) is 5.92 Å². The van der Waals surface area contributed by atoms with Gasteiger partial charge in [0.1, 0.15) is 0 Å². The summed E-state index contributed by atoms with van der Waals surface area (Å²) >= 11 is 0. The normalized spacial score (nSPS) is 13.0. The summed E-state index contributed by atoms with van der Waals surface area (Å²) in [5.74, 6) is 3.14. The standard InChI is InChI=1S/C15H23N3O2.HI/c1-11(2)6-7-17-15(16-3)18-9-12-4-5-13-14(8-12)20-10-19-13;/h4-5,8,11H,6-7,9-10H2,1-3H3,(H2,16,17,18);1H. The van der Waals surface area contributed by atoms with Crippen molar-refractivity contribution in [2.45, 2.75) is 26.8 Å². The summed E-state index contributed by atoms with van der Waals surface area (Å²) in [4.78, 5) is 4.21. The van der Waals surface area contributed by atoms with Crippen molar-refractivity contribution in [2.24, 2.45) is 10.9 Å². The maximum atomic E-state index is 5.37. The van der Waals surface area contributed by atoms with E-state index < -0.39 is 0 Å². The van der Waals surface area contributed by atoms with Gasteiger partial charge in [-0.25, -0.2) is 0 Å². The highest BCUT2D eigenvalue weighted by Gasteiger charge is 2.13. The number of guanidine groups is 1. The average Bonchev–Trinajstić information content (AvgIpc) is 2.89. The number of hydrogen-bond acceptors (Lipinski definition) is 3. The maximum absolute atomic E-state index is 5.37. The van der Waals surface area contributed by atoms with Gasteiger partial charge in [0, 0.05) is 20.1 Å². The van der Waals surface area contributed by atoms with Crippen LogP contribution in [-0.4, -0.2) is 26.3 Å². The van der Waals surface area contributed by atoms with E-state index >= 15 is 0 Å². The first kappa shape index (κ1) is 17.9. The molecule has 5 nitrogen and oxygen atoms in total. The van der Waals surface area contributed by atoms with Gasteiger partial charge in [0.2, 0.25) is 6.79 Å². The molecular weight excluding hydrogens is 381 g/mol. The fraction of sp³-hybridized carbons (Fsp3) is 0.533. The minimum Gasteiger partial charge on any atom is -0.454 e. The Hall–Kier alpha value is -1.18. The Kier molecular flexibility index (Phi) is 7.63. The SMILES string of the molecule is CN=C(NCCC(C)C)NCc1ccc2c(c1)OCO2.I. The van der Waals surface area contributed by atoms with E-state index in [1.165, 1.54) is 0 Å². The van der Waals surface area contributed by atoms with Crippen molar-refractivity contribution in [1.29, 1.82) is 0 Å². The van der Waals surface area contributed by atoms with Crippen molar-refractivity contribution in [1.82, 2.24) is 10.6 Å². The predicted octanol–water partition coefficient (Wildman–Crippen LogP) is 2.74. The molecule has 1 aliphatic heterocycles. The summed E-state index contributed by atoms with van der Waals surface area (Å²) < 4.78 is 10.7. The molecule has 0 radical (unpaired) electrons. The fourth-order valence-electron chi connectivity index (χ4n) is 1.94. The molecule has 0 bridgehead atoms. The van der Waals surface area contributed by atoms with Gasteiger partial charge >= 0.3 is 0 Å². The van der Waals surface area contributed by atoms with E-state index in [0.29, 0.717) is 19.3 Å². The van der Waals surface area contributed by atoms with Crippen LogP contribution in [0.25, 0.3) is 0 Å². The second-order valence-electron chi connectivity index (χ2n) is 5.22. The Bertz CT molecular complexity index is 478. The van der Waals surface area contributed by atoms with Gasteiger partial charge in [-0.05, 0) is 30.0 Å². The summed E-state index contributed by atoms with van der Waals surface area (Å²) in [6.45, 7) is 6.37. The molecule has 0 amide bonds. The molecule has 6 heteroatoms. The van der Waals surface area contributed by atoms with Crippen LogP contribution in [0.1, 0.15) is 25.8 Å². The second-order valence-corrected chi connectivity index (χ2v) is 5.22. The Morgan fingerprint density at radius 1 is 1.24 bits per heavy atom. The van der Waals surface area contributed by atoms with Crippen LogP contribution in [-0.2, 0) is 6.54 Å². The molecule has 2 N–H and O–H groups in total. The van der Waals surface area contributed by atoms with E-state index in [1.807, 2.05) is 18.2 Å². The first-order chi connectivity index (χ1) is 9.69. The molecular formula is C15H24IN3O2. The number of benzene rings is 1. The van der Waals surface area contributed by atoms with Crippen LogP contribution >= 0.6 is 24.0 Å². The second kappa shape index (κ2) is 8.96. The Labute approximate surface area is 143 Å². The van der Waals surface area contributed by atoms with Gasteiger partial charge in [-0.1, -0.05) is 19.9 Å². The number of hydrogen-bond donors (Lipinski definition) is 2. The van der Waals surface area contributed by atoms with Gasteiger partial charge in [-0.2, -0.15) is 0 Å². The van der Waals surface area contributed by atoms with Gasteiger partial charge in [-0.3, -0.25) is 4.99 Å². The number of halogens is 1. The number of aliphatic imine (C=N–C) groups is 1. The lowest BCUT2D eigenvalue weighted by Crippen LogP contribution is -2.37. The van der Waals surface area contributed by atoms with E-state index in [1.54, 1.807) is 7.05 Å². The van der Waals surface area contributed by atoms with E-state index in [-0.39, 0.29) is 24.0 Å². The molecule has 1 aromatic carbocycles. The highest BCUT2D eigenvalue weighted by atomic mass is 127. The molecule has 1 aromatic rings. The minimum atomic E-state index is 0. The molecule has 0 atom stereocenters. The van der Waals surface area contributed by atoms with E-state index in [9.17, 15) is 0 Å². The largest absolute Gasteiger partial charge is 0.454 e. The van der Waals surface area contributed by atoms with Crippen molar-refractivity contribution in [3.63, 3.8) is 0 Å². The zero-order chi connectivity index (χ0) is 14.4. The Morgan fingerprint density at radius 2 is 2.00 bits per heavy atom. The van der Waals surface area contributed by atoms with Crippen LogP contribution in [0.4, 0.5) is 0 Å². The molecule has 0 unspecified atom stereocenters. The van der Waals surface area contributed by atoms with E-state index in [2.05, 4.69) is 29.5 Å². The number of fused-ring (bicyclic) bond motifs is 1. The molecule has 0 aliphatic carbocycles. The molecule has 0 fully saturated rings. The zero-order valence-electron chi connectivity index (χ0n) is 12.8. The van der Waals surface area contributed by atoms with Crippen molar-refractivity contribution < 1.29 is 9.47 Å². The summed E-state index contributed by atoms with van der Waals surface area (Å²) in [5.41, 5.74) is 1.14. The van der Waals surface area contributed by atoms with Crippen molar-refractivity contribution in [3.8, 4) is 11.5 Å². The molecule has 2 rings (SSSR count). The number of ether oxygens (including phenoxy) is 2. The van der Waals surface area contributed by atoms with Gasteiger partial charge in [0.05, 0.1) is 0 Å². The number of rotatable bonds is 5. The third-order valence-electron chi connectivity index (χ3n) is 3.13. The zero-order valence-corrected chi connectivity index (χ0v) is 15.1. The van der Waals surface area contributed by atoms with Crippen LogP contribution in [0.3, 0.4) is 0 Å². The summed E-state index contributed by atoms with van der Waals surface area (Å²) in [5, 5.41) is 6.60.